The van der Waals surface area contributed by atoms with Crippen molar-refractivity contribution >= 4 is 5.95 Å². The molecule has 0 N–H and O–H groups in total. The fraction of sp³-hybridized carbons (Fsp3) is 0.385. The quantitative estimate of drug-likeness (QED) is 0.771. The monoisotopic (exact) mass is 273 g/mol. The second-order valence-corrected chi connectivity index (χ2v) is 4.53. The first-order chi connectivity index (χ1) is 9.75. The van der Waals surface area contributed by atoms with Gasteiger partial charge in [-0.05, 0) is 6.07 Å². The number of ether oxygens (including phenoxy) is 1. The summed E-state index contributed by atoms with van der Waals surface area (Å²) >= 11 is 0. The van der Waals surface area contributed by atoms with Gasteiger partial charge in [0.15, 0.2) is 0 Å². The number of hydrogen-bond acceptors (Lipinski definition) is 6. The summed E-state index contributed by atoms with van der Waals surface area (Å²) in [5.41, 5.74) is 1.11. The van der Waals surface area contributed by atoms with Crippen molar-refractivity contribution < 1.29 is 4.74 Å². The summed E-state index contributed by atoms with van der Waals surface area (Å²) in [6.07, 6.45) is 3.08. The second kappa shape index (κ2) is 5.38. The van der Waals surface area contributed by atoms with Crippen LogP contribution in [0.25, 0.3) is 11.4 Å². The molecule has 2 aromatic heterocycles. The van der Waals surface area contributed by atoms with E-state index in [0.29, 0.717) is 30.5 Å². The van der Waals surface area contributed by atoms with Gasteiger partial charge in [-0.2, -0.15) is 0 Å². The molecule has 0 amide bonds. The molecule has 7 nitrogen and oxygen atoms in total. The van der Waals surface area contributed by atoms with Crippen molar-refractivity contribution in [2.75, 3.05) is 31.2 Å². The Morgan fingerprint density at radius 3 is 2.75 bits per heavy atom. The first-order valence-electron chi connectivity index (χ1n) is 6.43. The van der Waals surface area contributed by atoms with Gasteiger partial charge < -0.3 is 9.64 Å². The van der Waals surface area contributed by atoms with Gasteiger partial charge in [0.1, 0.15) is 6.33 Å². The highest BCUT2D eigenvalue weighted by Gasteiger charge is 2.17. The molecule has 0 spiro atoms. The zero-order valence-corrected chi connectivity index (χ0v) is 11.2. The van der Waals surface area contributed by atoms with Crippen LogP contribution in [0.2, 0.25) is 0 Å². The standard InChI is InChI=1S/C13H15N5O2/c1-17-12(19)8-11(10-2-3-14-9-15-10)16-13(17)18-4-6-20-7-5-18/h2-3,8-9H,4-7H2,1H3. The van der Waals surface area contributed by atoms with Gasteiger partial charge in [-0.25, -0.2) is 15.0 Å². The summed E-state index contributed by atoms with van der Waals surface area (Å²) in [6.45, 7) is 2.75. The van der Waals surface area contributed by atoms with Crippen LogP contribution in [0.1, 0.15) is 0 Å². The minimum absolute atomic E-state index is 0.102. The van der Waals surface area contributed by atoms with Crippen LogP contribution in [0.15, 0.2) is 29.5 Å². The van der Waals surface area contributed by atoms with Crippen molar-refractivity contribution in [1.82, 2.24) is 19.5 Å². The van der Waals surface area contributed by atoms with Crippen LogP contribution in [0, 0.1) is 0 Å². The third-order valence-electron chi connectivity index (χ3n) is 3.25. The lowest BCUT2D eigenvalue weighted by Crippen LogP contribution is -2.40. The maximum absolute atomic E-state index is 12.1. The lowest BCUT2D eigenvalue weighted by Gasteiger charge is -2.29. The average Bonchev–Trinajstić information content (AvgIpc) is 2.51. The molecular weight excluding hydrogens is 258 g/mol. The third-order valence-corrected chi connectivity index (χ3v) is 3.25. The molecule has 0 radical (unpaired) electrons. The van der Waals surface area contributed by atoms with E-state index in [9.17, 15) is 4.79 Å². The van der Waals surface area contributed by atoms with Gasteiger partial charge in [0.25, 0.3) is 5.56 Å². The van der Waals surface area contributed by atoms with Crippen LogP contribution < -0.4 is 10.5 Å². The zero-order valence-electron chi connectivity index (χ0n) is 11.2. The van der Waals surface area contributed by atoms with Crippen LogP contribution in [-0.4, -0.2) is 45.8 Å². The molecule has 104 valence electrons. The topological polar surface area (TPSA) is 73.1 Å². The smallest absolute Gasteiger partial charge is 0.255 e. The van der Waals surface area contributed by atoms with Crippen LogP contribution in [0.4, 0.5) is 5.95 Å². The molecule has 1 aliphatic heterocycles. The van der Waals surface area contributed by atoms with E-state index < -0.39 is 0 Å². The largest absolute Gasteiger partial charge is 0.378 e. The molecule has 0 aromatic carbocycles. The fourth-order valence-electron chi connectivity index (χ4n) is 2.15. The molecule has 7 heteroatoms. The SMILES string of the molecule is Cn1c(N2CCOCC2)nc(-c2ccncn2)cc1=O. The van der Waals surface area contributed by atoms with Gasteiger partial charge in [-0.15, -0.1) is 0 Å². The van der Waals surface area contributed by atoms with Gasteiger partial charge in [0, 0.05) is 32.4 Å². The summed E-state index contributed by atoms with van der Waals surface area (Å²) in [7, 11) is 1.73. The van der Waals surface area contributed by atoms with Gasteiger partial charge in [0.05, 0.1) is 24.6 Å². The lowest BCUT2D eigenvalue weighted by molar-refractivity contribution is 0.121. The first kappa shape index (κ1) is 12.7. The predicted octanol–water partition coefficient (Wildman–Crippen LogP) is 0.0739. The summed E-state index contributed by atoms with van der Waals surface area (Å²) in [4.78, 5) is 26.7. The Hall–Kier alpha value is -2.28. The first-order valence-corrected chi connectivity index (χ1v) is 6.43. The van der Waals surface area contributed by atoms with Crippen molar-refractivity contribution in [3.8, 4) is 11.4 Å². The highest BCUT2D eigenvalue weighted by molar-refractivity contribution is 5.55. The number of aromatic nitrogens is 4. The molecule has 0 bridgehead atoms. The minimum atomic E-state index is -0.102. The van der Waals surface area contributed by atoms with Crippen LogP contribution in [0.5, 0.6) is 0 Å². The van der Waals surface area contributed by atoms with Crippen molar-refractivity contribution in [3.63, 3.8) is 0 Å². The lowest BCUT2D eigenvalue weighted by atomic mass is 10.3. The van der Waals surface area contributed by atoms with E-state index >= 15 is 0 Å². The highest BCUT2D eigenvalue weighted by atomic mass is 16.5. The van der Waals surface area contributed by atoms with Crippen molar-refractivity contribution in [2.45, 2.75) is 0 Å². The van der Waals surface area contributed by atoms with Gasteiger partial charge in [0.2, 0.25) is 5.95 Å². The molecular formula is C13H15N5O2. The normalized spacial score (nSPS) is 15.3. The molecule has 0 atom stereocenters. The molecule has 0 saturated carbocycles. The Bertz CT molecular complexity index is 650. The van der Waals surface area contributed by atoms with Gasteiger partial charge in [-0.3, -0.25) is 9.36 Å². The van der Waals surface area contributed by atoms with Crippen molar-refractivity contribution in [2.24, 2.45) is 7.05 Å². The van der Waals surface area contributed by atoms with Crippen LogP contribution in [-0.2, 0) is 11.8 Å². The van der Waals surface area contributed by atoms with E-state index in [4.69, 9.17) is 4.74 Å². The molecule has 20 heavy (non-hydrogen) atoms. The molecule has 1 aliphatic rings. The molecule has 3 rings (SSSR count). The number of hydrogen-bond donors (Lipinski definition) is 0. The van der Waals surface area contributed by atoms with Crippen molar-refractivity contribution in [1.29, 1.82) is 0 Å². The fourth-order valence-corrected chi connectivity index (χ4v) is 2.15. The Labute approximate surface area is 115 Å². The molecule has 2 aromatic rings. The predicted molar refractivity (Wildman–Crippen MR) is 73.5 cm³/mol. The molecule has 1 saturated heterocycles. The maximum Gasteiger partial charge on any atom is 0.255 e. The van der Waals surface area contributed by atoms with Crippen LogP contribution in [0.3, 0.4) is 0 Å². The van der Waals surface area contributed by atoms with Crippen molar-refractivity contribution in [3.05, 3.63) is 35.0 Å². The minimum Gasteiger partial charge on any atom is -0.378 e. The highest BCUT2D eigenvalue weighted by Crippen LogP contribution is 2.16. The molecule has 0 unspecified atom stereocenters. The second-order valence-electron chi connectivity index (χ2n) is 4.53. The Morgan fingerprint density at radius 1 is 1.25 bits per heavy atom. The Morgan fingerprint density at radius 2 is 2.05 bits per heavy atom. The number of rotatable bonds is 2. The van der Waals surface area contributed by atoms with E-state index in [2.05, 4.69) is 19.9 Å². The summed E-state index contributed by atoms with van der Waals surface area (Å²) in [5, 5.41) is 0. The zero-order chi connectivity index (χ0) is 13.9. The Balaban J connectivity index is 2.06. The number of nitrogens with zero attached hydrogens (tertiary/aromatic N) is 5. The number of anilines is 1. The van der Waals surface area contributed by atoms with E-state index in [1.165, 1.54) is 12.4 Å². The van der Waals surface area contributed by atoms with Crippen LogP contribution >= 0.6 is 0 Å². The summed E-state index contributed by atoms with van der Waals surface area (Å²) < 4.78 is 6.88. The van der Waals surface area contributed by atoms with E-state index in [0.717, 1.165) is 13.1 Å². The van der Waals surface area contributed by atoms with Gasteiger partial charge >= 0.3 is 0 Å². The average molecular weight is 273 g/mol. The van der Waals surface area contributed by atoms with E-state index in [1.807, 2.05) is 0 Å². The third kappa shape index (κ3) is 2.39. The van der Waals surface area contributed by atoms with E-state index in [-0.39, 0.29) is 5.56 Å². The molecule has 3 heterocycles. The maximum atomic E-state index is 12.1. The summed E-state index contributed by atoms with van der Waals surface area (Å²) in [6, 6.07) is 3.23. The molecule has 1 fully saturated rings. The van der Waals surface area contributed by atoms with E-state index in [1.54, 1.807) is 23.9 Å². The molecule has 0 aliphatic carbocycles. The van der Waals surface area contributed by atoms with Gasteiger partial charge in [-0.1, -0.05) is 0 Å². The summed E-state index contributed by atoms with van der Waals surface area (Å²) in [5.74, 6) is 0.648. The Kier molecular flexibility index (Phi) is 3.42. The number of morpholine rings is 1.